The molecule has 0 spiro atoms. The van der Waals surface area contributed by atoms with Crippen LogP contribution in [0.5, 0.6) is 0 Å². The zero-order chi connectivity index (χ0) is 15.9. The maximum Gasteiger partial charge on any atom is 0.324 e. The van der Waals surface area contributed by atoms with E-state index >= 15 is 0 Å². The molecule has 0 aromatic heterocycles. The van der Waals surface area contributed by atoms with Gasteiger partial charge in [-0.25, -0.2) is 13.2 Å². The first kappa shape index (κ1) is 15.3. The molecule has 2 aliphatic heterocycles. The van der Waals surface area contributed by atoms with Crippen molar-refractivity contribution in [2.24, 2.45) is 0 Å². The van der Waals surface area contributed by atoms with E-state index in [-0.39, 0.29) is 30.4 Å². The van der Waals surface area contributed by atoms with Crippen molar-refractivity contribution < 1.29 is 18.0 Å². The van der Waals surface area contributed by atoms with Gasteiger partial charge in [0.05, 0.1) is 17.5 Å². The van der Waals surface area contributed by atoms with Crippen LogP contribution in [0, 0.1) is 0 Å². The zero-order valence-electron chi connectivity index (χ0n) is 11.5. The van der Waals surface area contributed by atoms with E-state index in [1.165, 1.54) is 16.4 Å². The van der Waals surface area contributed by atoms with Crippen LogP contribution in [0.3, 0.4) is 0 Å². The quantitative estimate of drug-likeness (QED) is 0.817. The van der Waals surface area contributed by atoms with Crippen LogP contribution in [0.15, 0.2) is 29.2 Å². The molecule has 118 valence electrons. The Labute approximate surface area is 132 Å². The van der Waals surface area contributed by atoms with Crippen LogP contribution >= 0.6 is 11.6 Å². The Kier molecular flexibility index (Phi) is 3.84. The van der Waals surface area contributed by atoms with Gasteiger partial charge in [0.2, 0.25) is 15.9 Å². The van der Waals surface area contributed by atoms with E-state index in [2.05, 4.69) is 5.32 Å². The van der Waals surface area contributed by atoms with Gasteiger partial charge in [-0.1, -0.05) is 17.7 Å². The second kappa shape index (κ2) is 5.53. The highest BCUT2D eigenvalue weighted by Crippen LogP contribution is 2.26. The standard InChI is InChI=1S/C13H14ClN3O4S/c14-9-2-1-3-11(6-9)22(20,21)16-5-4-10(8-16)17-12(18)7-15-13(17)19/h1-3,6,10H,4-5,7-8H2,(H,15,19). The number of hydrogen-bond acceptors (Lipinski definition) is 4. The van der Waals surface area contributed by atoms with Crippen molar-refractivity contribution in [3.05, 3.63) is 29.3 Å². The summed E-state index contributed by atoms with van der Waals surface area (Å²) in [6.07, 6.45) is 0.430. The highest BCUT2D eigenvalue weighted by Gasteiger charge is 2.41. The van der Waals surface area contributed by atoms with Crippen LogP contribution < -0.4 is 5.32 Å². The Morgan fingerprint density at radius 3 is 2.68 bits per heavy atom. The molecule has 2 saturated heterocycles. The summed E-state index contributed by atoms with van der Waals surface area (Å²) in [6.45, 7) is 0.334. The molecular weight excluding hydrogens is 330 g/mol. The van der Waals surface area contributed by atoms with E-state index in [1.807, 2.05) is 0 Å². The molecule has 0 aliphatic carbocycles. The third-order valence-electron chi connectivity index (χ3n) is 3.80. The van der Waals surface area contributed by atoms with E-state index in [1.54, 1.807) is 12.1 Å². The van der Waals surface area contributed by atoms with Crippen molar-refractivity contribution in [1.82, 2.24) is 14.5 Å². The van der Waals surface area contributed by atoms with Gasteiger partial charge in [0.25, 0.3) is 0 Å². The highest BCUT2D eigenvalue weighted by atomic mass is 35.5. The molecule has 22 heavy (non-hydrogen) atoms. The molecule has 7 nitrogen and oxygen atoms in total. The first-order chi connectivity index (χ1) is 10.4. The molecule has 2 fully saturated rings. The van der Waals surface area contributed by atoms with Crippen LogP contribution in [-0.2, 0) is 14.8 Å². The third-order valence-corrected chi connectivity index (χ3v) is 5.90. The Morgan fingerprint density at radius 1 is 1.27 bits per heavy atom. The Morgan fingerprint density at radius 2 is 2.05 bits per heavy atom. The van der Waals surface area contributed by atoms with Crippen LogP contribution in [0.25, 0.3) is 0 Å². The molecule has 2 aliphatic rings. The first-order valence-corrected chi connectivity index (χ1v) is 8.57. The molecule has 0 bridgehead atoms. The van der Waals surface area contributed by atoms with Crippen molar-refractivity contribution in [2.75, 3.05) is 19.6 Å². The number of halogens is 1. The van der Waals surface area contributed by atoms with Gasteiger partial charge < -0.3 is 5.32 Å². The lowest BCUT2D eigenvalue weighted by Gasteiger charge is -2.21. The average Bonchev–Trinajstić information content (AvgIpc) is 3.06. The number of nitrogens with zero attached hydrogens (tertiary/aromatic N) is 2. The summed E-state index contributed by atoms with van der Waals surface area (Å²) in [6, 6.07) is 5.14. The minimum absolute atomic E-state index is 0.0314. The fourth-order valence-electron chi connectivity index (χ4n) is 2.72. The van der Waals surface area contributed by atoms with Gasteiger partial charge in [-0.3, -0.25) is 9.69 Å². The predicted molar refractivity (Wildman–Crippen MR) is 78.9 cm³/mol. The average molecular weight is 344 g/mol. The fraction of sp³-hybridized carbons (Fsp3) is 0.385. The van der Waals surface area contributed by atoms with Crippen molar-refractivity contribution in [3.8, 4) is 0 Å². The molecule has 1 unspecified atom stereocenters. The molecular formula is C13H14ClN3O4S. The summed E-state index contributed by atoms with van der Waals surface area (Å²) in [5.74, 6) is -0.322. The predicted octanol–water partition coefficient (Wildman–Crippen LogP) is 0.655. The smallest absolute Gasteiger partial charge is 0.324 e. The summed E-state index contributed by atoms with van der Waals surface area (Å²) in [5, 5.41) is 2.78. The number of urea groups is 1. The fourth-order valence-corrected chi connectivity index (χ4v) is 4.51. The lowest BCUT2D eigenvalue weighted by molar-refractivity contribution is -0.126. The van der Waals surface area contributed by atoms with E-state index in [4.69, 9.17) is 11.6 Å². The second-order valence-electron chi connectivity index (χ2n) is 5.19. The van der Waals surface area contributed by atoms with Gasteiger partial charge in [0, 0.05) is 18.1 Å². The van der Waals surface area contributed by atoms with Crippen LogP contribution in [-0.4, -0.2) is 55.2 Å². The summed E-state index contributed by atoms with van der Waals surface area (Å²) in [4.78, 5) is 24.6. The largest absolute Gasteiger partial charge is 0.329 e. The molecule has 1 aromatic carbocycles. The number of rotatable bonds is 3. The van der Waals surface area contributed by atoms with Gasteiger partial charge in [-0.05, 0) is 24.6 Å². The molecule has 3 amide bonds. The third kappa shape index (κ3) is 2.57. The Hall–Kier alpha value is -1.64. The number of hydrogen-bond donors (Lipinski definition) is 1. The zero-order valence-corrected chi connectivity index (χ0v) is 13.1. The van der Waals surface area contributed by atoms with Crippen LogP contribution in [0.2, 0.25) is 5.02 Å². The Bertz CT molecular complexity index is 721. The number of nitrogens with one attached hydrogen (secondary N) is 1. The van der Waals surface area contributed by atoms with E-state index in [0.29, 0.717) is 11.4 Å². The number of amides is 3. The number of carbonyl (C=O) groups is 2. The number of imide groups is 1. The number of carbonyl (C=O) groups excluding carboxylic acids is 2. The molecule has 3 rings (SSSR count). The van der Waals surface area contributed by atoms with Gasteiger partial charge >= 0.3 is 6.03 Å². The maximum atomic E-state index is 12.6. The van der Waals surface area contributed by atoms with Gasteiger partial charge in [-0.2, -0.15) is 4.31 Å². The number of benzene rings is 1. The lowest BCUT2D eigenvalue weighted by Crippen LogP contribution is -2.42. The summed E-state index contributed by atoms with van der Waals surface area (Å²) in [5.41, 5.74) is 0. The lowest BCUT2D eigenvalue weighted by atomic mass is 10.2. The van der Waals surface area contributed by atoms with Gasteiger partial charge in [0.1, 0.15) is 0 Å². The van der Waals surface area contributed by atoms with Crippen LogP contribution in [0.1, 0.15) is 6.42 Å². The van der Waals surface area contributed by atoms with Crippen molar-refractivity contribution in [1.29, 1.82) is 0 Å². The highest BCUT2D eigenvalue weighted by molar-refractivity contribution is 7.89. The molecule has 0 radical (unpaired) electrons. The van der Waals surface area contributed by atoms with E-state index < -0.39 is 22.1 Å². The maximum absolute atomic E-state index is 12.6. The monoisotopic (exact) mass is 343 g/mol. The first-order valence-electron chi connectivity index (χ1n) is 6.75. The van der Waals surface area contributed by atoms with E-state index in [0.717, 1.165) is 4.90 Å². The minimum Gasteiger partial charge on any atom is -0.329 e. The second-order valence-corrected chi connectivity index (χ2v) is 7.56. The molecule has 9 heteroatoms. The van der Waals surface area contributed by atoms with Crippen molar-refractivity contribution in [3.63, 3.8) is 0 Å². The molecule has 0 saturated carbocycles. The molecule has 1 N–H and O–H groups in total. The SMILES string of the molecule is O=C1CNC(=O)N1C1CCN(S(=O)(=O)c2cccc(Cl)c2)C1. The molecule has 1 atom stereocenters. The summed E-state index contributed by atoms with van der Waals surface area (Å²) in [7, 11) is -3.68. The summed E-state index contributed by atoms with van der Waals surface area (Å²) >= 11 is 5.84. The molecule has 2 heterocycles. The van der Waals surface area contributed by atoms with Crippen molar-refractivity contribution >= 4 is 33.6 Å². The summed E-state index contributed by atoms with van der Waals surface area (Å²) < 4.78 is 26.4. The minimum atomic E-state index is -3.68. The van der Waals surface area contributed by atoms with Crippen molar-refractivity contribution in [2.45, 2.75) is 17.4 Å². The van der Waals surface area contributed by atoms with Gasteiger partial charge in [0.15, 0.2) is 0 Å². The normalized spacial score (nSPS) is 23.1. The number of sulfonamides is 1. The topological polar surface area (TPSA) is 86.8 Å². The Balaban J connectivity index is 1.80. The molecule has 1 aromatic rings. The van der Waals surface area contributed by atoms with Crippen LogP contribution in [0.4, 0.5) is 4.79 Å². The van der Waals surface area contributed by atoms with Gasteiger partial charge in [-0.15, -0.1) is 0 Å². The van der Waals surface area contributed by atoms with E-state index in [9.17, 15) is 18.0 Å².